The third kappa shape index (κ3) is 2.92. The first-order valence-electron chi connectivity index (χ1n) is 8.62. The van der Waals surface area contributed by atoms with Crippen molar-refractivity contribution in [3.8, 4) is 0 Å². The van der Waals surface area contributed by atoms with E-state index in [1.165, 1.54) is 0 Å². The molecular weight excluding hydrogens is 296 g/mol. The summed E-state index contributed by atoms with van der Waals surface area (Å²) in [6.45, 7) is 4.97. The fraction of sp³-hybridized carbons (Fsp3) is 0.875. The predicted molar refractivity (Wildman–Crippen MR) is 86.1 cm³/mol. The van der Waals surface area contributed by atoms with Crippen LogP contribution in [0.5, 0.6) is 0 Å². The Morgan fingerprint density at radius 2 is 1.74 bits per heavy atom. The molecule has 3 amide bonds. The number of rotatable bonds is 1. The fourth-order valence-corrected chi connectivity index (χ4v) is 4.43. The summed E-state index contributed by atoms with van der Waals surface area (Å²) in [7, 11) is 3.77. The van der Waals surface area contributed by atoms with E-state index in [2.05, 4.69) is 17.3 Å². The largest absolute Gasteiger partial charge is 0.378 e. The molecule has 7 heteroatoms. The predicted octanol–water partition coefficient (Wildman–Crippen LogP) is -0.0291. The Kier molecular flexibility index (Phi) is 4.77. The monoisotopic (exact) mass is 324 g/mol. The van der Waals surface area contributed by atoms with Gasteiger partial charge < -0.3 is 24.8 Å². The van der Waals surface area contributed by atoms with E-state index in [1.54, 1.807) is 7.05 Å². The molecule has 3 aliphatic rings. The van der Waals surface area contributed by atoms with E-state index in [0.717, 1.165) is 25.8 Å². The van der Waals surface area contributed by atoms with Gasteiger partial charge >= 0.3 is 6.03 Å². The number of nitrogens with zero attached hydrogens (tertiary/aromatic N) is 3. The van der Waals surface area contributed by atoms with Crippen LogP contribution in [-0.4, -0.2) is 92.7 Å². The van der Waals surface area contributed by atoms with Crippen molar-refractivity contribution in [2.24, 2.45) is 5.41 Å². The molecule has 0 spiro atoms. The minimum absolute atomic E-state index is 0.0402. The van der Waals surface area contributed by atoms with Crippen LogP contribution in [0.25, 0.3) is 0 Å². The van der Waals surface area contributed by atoms with Crippen molar-refractivity contribution in [3.63, 3.8) is 0 Å². The lowest BCUT2D eigenvalue weighted by Gasteiger charge is -2.39. The third-order valence-corrected chi connectivity index (χ3v) is 5.81. The number of hydrogen-bond acceptors (Lipinski definition) is 4. The van der Waals surface area contributed by atoms with Gasteiger partial charge in [0.15, 0.2) is 0 Å². The first kappa shape index (κ1) is 16.5. The highest BCUT2D eigenvalue weighted by Gasteiger charge is 2.53. The van der Waals surface area contributed by atoms with Gasteiger partial charge in [-0.2, -0.15) is 0 Å². The molecule has 3 saturated heterocycles. The maximum absolute atomic E-state index is 13.3. The maximum Gasteiger partial charge on any atom is 0.317 e. The first-order chi connectivity index (χ1) is 11.1. The molecule has 3 heterocycles. The van der Waals surface area contributed by atoms with E-state index in [1.807, 2.05) is 9.80 Å². The van der Waals surface area contributed by atoms with Gasteiger partial charge in [0, 0.05) is 39.3 Å². The molecule has 3 fully saturated rings. The van der Waals surface area contributed by atoms with Crippen LogP contribution in [0.15, 0.2) is 0 Å². The Balaban J connectivity index is 1.81. The van der Waals surface area contributed by atoms with E-state index in [9.17, 15) is 9.59 Å². The molecule has 0 aromatic carbocycles. The Bertz CT molecular complexity index is 466. The van der Waals surface area contributed by atoms with Crippen molar-refractivity contribution >= 4 is 11.9 Å². The SMILES string of the molecule is CNC(=O)N1CC[C@@H]2N(C)CC[C@]2(C(=O)N2CCOCC2)CC1. The molecule has 2 atom stereocenters. The Morgan fingerprint density at radius 1 is 1.04 bits per heavy atom. The zero-order valence-corrected chi connectivity index (χ0v) is 14.2. The summed E-state index contributed by atoms with van der Waals surface area (Å²) in [6, 6.07) is 0.189. The van der Waals surface area contributed by atoms with Crippen LogP contribution in [0.4, 0.5) is 4.79 Å². The second-order valence-corrected chi connectivity index (χ2v) is 6.89. The minimum Gasteiger partial charge on any atom is -0.378 e. The molecule has 0 aromatic heterocycles. The molecule has 7 nitrogen and oxygen atoms in total. The highest BCUT2D eigenvalue weighted by molar-refractivity contribution is 5.84. The van der Waals surface area contributed by atoms with Crippen LogP contribution >= 0.6 is 0 Å². The zero-order valence-electron chi connectivity index (χ0n) is 14.2. The van der Waals surface area contributed by atoms with Crippen molar-refractivity contribution < 1.29 is 14.3 Å². The number of urea groups is 1. The van der Waals surface area contributed by atoms with E-state index in [-0.39, 0.29) is 23.4 Å². The molecular formula is C16H28N4O3. The van der Waals surface area contributed by atoms with Crippen LogP contribution in [-0.2, 0) is 9.53 Å². The van der Waals surface area contributed by atoms with Crippen molar-refractivity contribution in [1.29, 1.82) is 0 Å². The number of morpholine rings is 1. The van der Waals surface area contributed by atoms with Crippen LogP contribution in [0.1, 0.15) is 19.3 Å². The van der Waals surface area contributed by atoms with Crippen molar-refractivity contribution in [1.82, 2.24) is 20.0 Å². The lowest BCUT2D eigenvalue weighted by Crippen LogP contribution is -2.53. The van der Waals surface area contributed by atoms with Crippen molar-refractivity contribution in [2.45, 2.75) is 25.3 Å². The second-order valence-electron chi connectivity index (χ2n) is 6.89. The molecule has 0 aromatic rings. The van der Waals surface area contributed by atoms with Gasteiger partial charge in [-0.25, -0.2) is 4.79 Å². The molecule has 0 unspecified atom stereocenters. The standard InChI is InChI=1S/C16H28N4O3/c1-17-15(22)20-6-3-13-16(5-8-20,4-7-18(13)2)14(21)19-9-11-23-12-10-19/h13H,3-12H2,1-2H3,(H,17,22)/t13-,16-/m0/s1. The van der Waals surface area contributed by atoms with Gasteiger partial charge in [0.2, 0.25) is 5.91 Å². The Hall–Kier alpha value is -1.34. The number of nitrogens with one attached hydrogen (secondary N) is 1. The number of hydrogen-bond donors (Lipinski definition) is 1. The fourth-order valence-electron chi connectivity index (χ4n) is 4.43. The second kappa shape index (κ2) is 6.65. The summed E-state index contributed by atoms with van der Waals surface area (Å²) < 4.78 is 5.39. The summed E-state index contributed by atoms with van der Waals surface area (Å²) in [6.07, 6.45) is 2.51. The van der Waals surface area contributed by atoms with E-state index >= 15 is 0 Å². The number of amides is 3. The summed E-state index contributed by atoms with van der Waals surface area (Å²) >= 11 is 0. The van der Waals surface area contributed by atoms with Gasteiger partial charge in [0.25, 0.3) is 0 Å². The van der Waals surface area contributed by atoms with Gasteiger partial charge in [-0.1, -0.05) is 0 Å². The highest BCUT2D eigenvalue weighted by atomic mass is 16.5. The first-order valence-corrected chi connectivity index (χ1v) is 8.62. The number of carbonyl (C=O) groups is 2. The van der Waals surface area contributed by atoms with Gasteiger partial charge in [-0.15, -0.1) is 0 Å². The Morgan fingerprint density at radius 3 is 2.43 bits per heavy atom. The average molecular weight is 324 g/mol. The minimum atomic E-state index is -0.338. The zero-order chi connectivity index (χ0) is 16.4. The molecule has 3 aliphatic heterocycles. The van der Waals surface area contributed by atoms with Crippen LogP contribution < -0.4 is 5.32 Å². The summed E-state index contributed by atoms with van der Waals surface area (Å²) in [5, 5.41) is 2.71. The molecule has 1 N–H and O–H groups in total. The molecule has 0 radical (unpaired) electrons. The number of fused-ring (bicyclic) bond motifs is 1. The van der Waals surface area contributed by atoms with Crippen molar-refractivity contribution in [2.75, 3.05) is 60.0 Å². The van der Waals surface area contributed by atoms with E-state index < -0.39 is 0 Å². The van der Waals surface area contributed by atoms with Crippen LogP contribution in [0.3, 0.4) is 0 Å². The topological polar surface area (TPSA) is 65.1 Å². The van der Waals surface area contributed by atoms with Gasteiger partial charge in [0.05, 0.1) is 18.6 Å². The van der Waals surface area contributed by atoms with Gasteiger partial charge in [-0.05, 0) is 32.9 Å². The number of ether oxygens (including phenoxy) is 1. The van der Waals surface area contributed by atoms with Crippen LogP contribution in [0, 0.1) is 5.41 Å². The highest BCUT2D eigenvalue weighted by Crippen LogP contribution is 2.44. The quantitative estimate of drug-likeness (QED) is 0.736. The maximum atomic E-state index is 13.3. The van der Waals surface area contributed by atoms with E-state index in [0.29, 0.717) is 39.4 Å². The molecule has 0 saturated carbocycles. The smallest absolute Gasteiger partial charge is 0.317 e. The number of carbonyl (C=O) groups excluding carboxylic acids is 2. The summed E-state index contributed by atoms with van der Waals surface area (Å²) in [4.78, 5) is 31.4. The van der Waals surface area contributed by atoms with Gasteiger partial charge in [-0.3, -0.25) is 4.79 Å². The van der Waals surface area contributed by atoms with Gasteiger partial charge in [0.1, 0.15) is 0 Å². The summed E-state index contributed by atoms with van der Waals surface area (Å²) in [5.74, 6) is 0.272. The molecule has 130 valence electrons. The van der Waals surface area contributed by atoms with Crippen LogP contribution in [0.2, 0.25) is 0 Å². The molecule has 23 heavy (non-hydrogen) atoms. The number of likely N-dealkylation sites (tertiary alicyclic amines) is 2. The normalized spacial score (nSPS) is 32.3. The lowest BCUT2D eigenvalue weighted by molar-refractivity contribution is -0.148. The molecule has 0 bridgehead atoms. The molecule has 0 aliphatic carbocycles. The molecule has 3 rings (SSSR count). The van der Waals surface area contributed by atoms with E-state index in [4.69, 9.17) is 4.74 Å². The van der Waals surface area contributed by atoms with Crippen molar-refractivity contribution in [3.05, 3.63) is 0 Å². The lowest BCUT2D eigenvalue weighted by atomic mass is 9.75. The third-order valence-electron chi connectivity index (χ3n) is 5.81. The average Bonchev–Trinajstić information content (AvgIpc) is 2.80. The summed E-state index contributed by atoms with van der Waals surface area (Å²) in [5.41, 5.74) is -0.338. The Labute approximate surface area is 137 Å².